The van der Waals surface area contributed by atoms with E-state index in [4.69, 9.17) is 11.6 Å². The summed E-state index contributed by atoms with van der Waals surface area (Å²) in [5.74, 6) is -6.50. The number of aromatic hydroxyl groups is 1. The molecule has 8 rings (SSSR count). The van der Waals surface area contributed by atoms with Crippen LogP contribution < -0.4 is 4.90 Å². The van der Waals surface area contributed by atoms with Gasteiger partial charge >= 0.3 is 0 Å². The molecular formula is C40H29ClFNO5. The summed E-state index contributed by atoms with van der Waals surface area (Å²) in [5.41, 5.74) is 1.55. The van der Waals surface area contributed by atoms with Gasteiger partial charge < -0.3 is 5.11 Å². The number of carbonyl (C=O) groups excluding carboxylic acids is 4. The second-order valence-corrected chi connectivity index (χ2v) is 13.4. The SMILES string of the molecule is O=C1C(c2ccccc2)=CC(=O)[C@@]2(c3ccccc3)[C@@H](c3ccc(O)c(F)c3)C3=CC[C@@H]4C(=O)N(c5ccc(Cl)cc5)C(=O)[C@@H]4[C@@H]3C[C@@H]12. The molecular weight excluding hydrogens is 629 g/mol. The maximum absolute atomic E-state index is 15.2. The highest BCUT2D eigenvalue weighted by Gasteiger charge is 2.66. The van der Waals surface area contributed by atoms with Gasteiger partial charge in [0.1, 0.15) is 0 Å². The van der Waals surface area contributed by atoms with Crippen molar-refractivity contribution in [2.24, 2.45) is 23.7 Å². The third-order valence-electron chi connectivity index (χ3n) is 10.8. The van der Waals surface area contributed by atoms with E-state index in [1.54, 1.807) is 54.6 Å². The van der Waals surface area contributed by atoms with Gasteiger partial charge in [0, 0.05) is 22.4 Å². The molecule has 6 nitrogen and oxygen atoms in total. The lowest BCUT2D eigenvalue weighted by Crippen LogP contribution is -2.58. The average Bonchev–Trinajstić information content (AvgIpc) is 3.36. The number of imide groups is 1. The van der Waals surface area contributed by atoms with E-state index < -0.39 is 46.6 Å². The number of anilines is 1. The van der Waals surface area contributed by atoms with Crippen LogP contribution in [0.3, 0.4) is 0 Å². The minimum atomic E-state index is -1.48. The average molecular weight is 658 g/mol. The molecule has 3 aliphatic carbocycles. The molecule has 1 saturated heterocycles. The number of rotatable bonds is 4. The third-order valence-corrected chi connectivity index (χ3v) is 11.0. The van der Waals surface area contributed by atoms with Crippen molar-refractivity contribution in [3.8, 4) is 5.75 Å². The van der Waals surface area contributed by atoms with Gasteiger partial charge in [-0.05, 0) is 77.9 Å². The van der Waals surface area contributed by atoms with Gasteiger partial charge in [-0.25, -0.2) is 4.39 Å². The van der Waals surface area contributed by atoms with E-state index in [1.807, 2.05) is 42.5 Å². The van der Waals surface area contributed by atoms with E-state index in [9.17, 15) is 24.3 Å². The van der Waals surface area contributed by atoms with Crippen LogP contribution in [0.1, 0.15) is 35.4 Å². The number of Topliss-reactive ketones (excluding diaryl/α,β-unsaturated/α-hetero) is 1. The van der Waals surface area contributed by atoms with E-state index in [0.717, 1.165) is 5.57 Å². The van der Waals surface area contributed by atoms with Crippen molar-refractivity contribution in [1.82, 2.24) is 0 Å². The molecule has 1 aliphatic heterocycles. The first-order valence-electron chi connectivity index (χ1n) is 15.9. The number of phenolic OH excluding ortho intramolecular Hbond substituents is 1. The number of amides is 2. The summed E-state index contributed by atoms with van der Waals surface area (Å²) in [6.45, 7) is 0. The van der Waals surface area contributed by atoms with Crippen molar-refractivity contribution >= 4 is 46.2 Å². The Balaban J connectivity index is 1.36. The molecule has 238 valence electrons. The monoisotopic (exact) mass is 657 g/mol. The van der Waals surface area contributed by atoms with Crippen molar-refractivity contribution in [2.45, 2.75) is 24.2 Å². The highest BCUT2D eigenvalue weighted by Crippen LogP contribution is 2.63. The number of halogens is 2. The van der Waals surface area contributed by atoms with Gasteiger partial charge in [-0.1, -0.05) is 90.0 Å². The Labute approximate surface area is 281 Å². The van der Waals surface area contributed by atoms with Crippen LogP contribution in [-0.2, 0) is 24.6 Å². The van der Waals surface area contributed by atoms with Crippen LogP contribution in [0.2, 0.25) is 5.02 Å². The Morgan fingerprint density at radius 3 is 2.19 bits per heavy atom. The highest BCUT2D eigenvalue weighted by molar-refractivity contribution is 6.32. The number of carbonyl (C=O) groups is 4. The van der Waals surface area contributed by atoms with Crippen LogP contribution in [0.25, 0.3) is 5.57 Å². The highest BCUT2D eigenvalue weighted by atomic mass is 35.5. The smallest absolute Gasteiger partial charge is 0.238 e. The second-order valence-electron chi connectivity index (χ2n) is 13.0. The first-order chi connectivity index (χ1) is 23.2. The van der Waals surface area contributed by atoms with Gasteiger partial charge in [0.2, 0.25) is 11.8 Å². The molecule has 4 aromatic rings. The molecule has 4 aromatic carbocycles. The predicted octanol–water partition coefficient (Wildman–Crippen LogP) is 7.21. The maximum Gasteiger partial charge on any atom is 0.238 e. The summed E-state index contributed by atoms with van der Waals surface area (Å²) in [6, 6.07) is 28.7. The van der Waals surface area contributed by atoms with Gasteiger partial charge in [0.25, 0.3) is 0 Å². The zero-order valence-corrected chi connectivity index (χ0v) is 26.3. The van der Waals surface area contributed by atoms with Crippen LogP contribution in [0.5, 0.6) is 5.75 Å². The zero-order valence-electron chi connectivity index (χ0n) is 25.6. The lowest BCUT2D eigenvalue weighted by atomic mass is 9.44. The molecule has 2 fully saturated rings. The molecule has 0 radical (unpaired) electrons. The largest absolute Gasteiger partial charge is 0.505 e. The van der Waals surface area contributed by atoms with Gasteiger partial charge in [-0.15, -0.1) is 0 Å². The van der Waals surface area contributed by atoms with Crippen molar-refractivity contribution in [3.05, 3.63) is 148 Å². The Hall–Kier alpha value is -5.14. The van der Waals surface area contributed by atoms with Gasteiger partial charge in [0.15, 0.2) is 23.1 Å². The molecule has 1 heterocycles. The fourth-order valence-corrected chi connectivity index (χ4v) is 8.92. The lowest BCUT2D eigenvalue weighted by molar-refractivity contribution is -0.135. The standard InChI is InChI=1S/C40H29ClFNO5/c41-25-12-14-26(15-13-25)43-38(47)28-17-16-27-30(35(28)39(43)48)20-31-37(46)29(22-7-3-1-4-8-22)21-34(45)40(31,24-9-5-2-6-10-24)36(27)23-11-18-33(44)32(42)19-23/h1-16,18-19,21,28,30-31,35-36,44H,17,20H2/t28-,30+,31-,35-,36-,40-/m0/s1. The first-order valence-corrected chi connectivity index (χ1v) is 16.3. The fourth-order valence-electron chi connectivity index (χ4n) is 8.80. The topological polar surface area (TPSA) is 91.8 Å². The van der Waals surface area contributed by atoms with E-state index >= 15 is 4.39 Å². The molecule has 2 amide bonds. The molecule has 0 bridgehead atoms. The summed E-state index contributed by atoms with van der Waals surface area (Å²) >= 11 is 6.11. The molecule has 0 spiro atoms. The van der Waals surface area contributed by atoms with E-state index in [0.29, 0.717) is 27.4 Å². The fraction of sp³-hybridized carbons (Fsp3) is 0.200. The summed E-state index contributed by atoms with van der Waals surface area (Å²) in [7, 11) is 0. The molecule has 6 atom stereocenters. The second kappa shape index (κ2) is 11.2. The van der Waals surface area contributed by atoms with Crippen LogP contribution in [0, 0.1) is 29.5 Å². The van der Waals surface area contributed by atoms with Crippen LogP contribution in [-0.4, -0.2) is 28.5 Å². The van der Waals surface area contributed by atoms with Crippen molar-refractivity contribution in [2.75, 3.05) is 4.90 Å². The molecule has 1 saturated carbocycles. The normalized spacial score (nSPS) is 28.0. The molecule has 48 heavy (non-hydrogen) atoms. The predicted molar refractivity (Wildman–Crippen MR) is 179 cm³/mol. The lowest BCUT2D eigenvalue weighted by Gasteiger charge is -2.55. The molecule has 0 unspecified atom stereocenters. The first kappa shape index (κ1) is 30.2. The van der Waals surface area contributed by atoms with Crippen molar-refractivity contribution < 1.29 is 28.7 Å². The number of hydrogen-bond acceptors (Lipinski definition) is 5. The Morgan fingerprint density at radius 1 is 0.812 bits per heavy atom. The van der Waals surface area contributed by atoms with E-state index in [1.165, 1.54) is 23.1 Å². The number of hydrogen-bond donors (Lipinski definition) is 1. The Kier molecular flexibility index (Phi) is 7.07. The Bertz CT molecular complexity index is 2080. The van der Waals surface area contributed by atoms with Crippen LogP contribution in [0.15, 0.2) is 121 Å². The third kappa shape index (κ3) is 4.30. The number of benzene rings is 4. The van der Waals surface area contributed by atoms with Gasteiger partial charge in [-0.2, -0.15) is 0 Å². The maximum atomic E-state index is 15.2. The van der Waals surface area contributed by atoms with Crippen LogP contribution >= 0.6 is 11.6 Å². The van der Waals surface area contributed by atoms with Gasteiger partial charge in [-0.3, -0.25) is 24.1 Å². The van der Waals surface area contributed by atoms with Crippen molar-refractivity contribution in [1.29, 1.82) is 0 Å². The number of phenols is 1. The summed E-state index contributed by atoms with van der Waals surface area (Å²) in [6.07, 6.45) is 3.73. The van der Waals surface area contributed by atoms with Crippen LogP contribution in [0.4, 0.5) is 10.1 Å². The number of ketones is 2. The summed E-state index contributed by atoms with van der Waals surface area (Å²) < 4.78 is 15.2. The Morgan fingerprint density at radius 2 is 1.50 bits per heavy atom. The number of fused-ring (bicyclic) bond motifs is 4. The summed E-state index contributed by atoms with van der Waals surface area (Å²) in [4.78, 5) is 59.3. The van der Waals surface area contributed by atoms with E-state index in [2.05, 4.69) is 0 Å². The molecule has 0 aromatic heterocycles. The minimum Gasteiger partial charge on any atom is -0.505 e. The zero-order chi connectivity index (χ0) is 33.3. The number of allylic oxidation sites excluding steroid dienone is 4. The molecule has 4 aliphatic rings. The molecule has 1 N–H and O–H groups in total. The molecule has 8 heteroatoms. The summed E-state index contributed by atoms with van der Waals surface area (Å²) in [5, 5.41) is 10.6. The van der Waals surface area contributed by atoms with Gasteiger partial charge in [0.05, 0.1) is 22.9 Å². The van der Waals surface area contributed by atoms with Crippen molar-refractivity contribution in [3.63, 3.8) is 0 Å². The quantitative estimate of drug-likeness (QED) is 0.185. The number of nitrogens with zero attached hydrogens (tertiary/aromatic N) is 1. The van der Waals surface area contributed by atoms with E-state index in [-0.39, 0.29) is 41.8 Å². The minimum absolute atomic E-state index is 0.140.